The molecule has 1 fully saturated rings. The minimum absolute atomic E-state index is 0.177. The zero-order valence-electron chi connectivity index (χ0n) is 10.9. The summed E-state index contributed by atoms with van der Waals surface area (Å²) < 4.78 is 0. The maximum absolute atomic E-state index is 12.1. The van der Waals surface area contributed by atoms with Gasteiger partial charge >= 0.3 is 0 Å². The zero-order valence-corrected chi connectivity index (χ0v) is 10.9. The Morgan fingerprint density at radius 3 is 2.65 bits per heavy atom. The predicted molar refractivity (Wildman–Crippen MR) is 72.5 cm³/mol. The Morgan fingerprint density at radius 2 is 2.00 bits per heavy atom. The third-order valence-corrected chi connectivity index (χ3v) is 3.46. The van der Waals surface area contributed by atoms with Gasteiger partial charge in [-0.05, 0) is 31.0 Å². The highest BCUT2D eigenvalue weighted by molar-refractivity contribution is 6.22. The molecule has 102 valence electrons. The molecule has 3 rings (SSSR count). The highest BCUT2D eigenvalue weighted by Gasteiger charge is 2.35. The van der Waals surface area contributed by atoms with Gasteiger partial charge in [-0.15, -0.1) is 6.58 Å². The van der Waals surface area contributed by atoms with Crippen LogP contribution >= 0.6 is 0 Å². The van der Waals surface area contributed by atoms with Crippen LogP contribution in [0.15, 0.2) is 30.9 Å². The first-order chi connectivity index (χ1) is 9.61. The van der Waals surface area contributed by atoms with E-state index in [-0.39, 0.29) is 30.3 Å². The SMILES string of the molecule is C=CCN1C(=O)c2ccc(C(=O)NC3CC3)cc2C1=O. The molecule has 3 amide bonds. The number of amides is 3. The number of imide groups is 1. The topological polar surface area (TPSA) is 66.5 Å². The standard InChI is InChI=1S/C15H14N2O3/c1-2-7-17-14(19)11-6-3-9(8-12(11)15(17)20)13(18)16-10-4-5-10/h2-3,6,8,10H,1,4-5,7H2,(H,16,18). The van der Waals surface area contributed by atoms with Gasteiger partial charge in [0.1, 0.15) is 0 Å². The number of hydrogen-bond donors (Lipinski definition) is 1. The average Bonchev–Trinajstić information content (AvgIpc) is 3.22. The summed E-state index contributed by atoms with van der Waals surface area (Å²) in [6.45, 7) is 3.71. The highest BCUT2D eigenvalue weighted by Crippen LogP contribution is 2.25. The van der Waals surface area contributed by atoms with Gasteiger partial charge in [-0.2, -0.15) is 0 Å². The van der Waals surface area contributed by atoms with Crippen molar-refractivity contribution in [1.82, 2.24) is 10.2 Å². The van der Waals surface area contributed by atoms with E-state index in [2.05, 4.69) is 11.9 Å². The van der Waals surface area contributed by atoms with E-state index in [0.29, 0.717) is 16.7 Å². The largest absolute Gasteiger partial charge is 0.349 e. The number of benzene rings is 1. The maximum Gasteiger partial charge on any atom is 0.261 e. The van der Waals surface area contributed by atoms with E-state index in [1.807, 2.05) is 0 Å². The van der Waals surface area contributed by atoms with Crippen LogP contribution in [0.5, 0.6) is 0 Å². The van der Waals surface area contributed by atoms with Gasteiger partial charge in [0.2, 0.25) is 0 Å². The van der Waals surface area contributed by atoms with Crippen molar-refractivity contribution in [3.8, 4) is 0 Å². The zero-order chi connectivity index (χ0) is 14.3. The van der Waals surface area contributed by atoms with Crippen LogP contribution in [0, 0.1) is 0 Å². The molecule has 20 heavy (non-hydrogen) atoms. The van der Waals surface area contributed by atoms with E-state index in [9.17, 15) is 14.4 Å². The summed E-state index contributed by atoms with van der Waals surface area (Å²) >= 11 is 0. The predicted octanol–water partition coefficient (Wildman–Crippen LogP) is 1.36. The van der Waals surface area contributed by atoms with E-state index >= 15 is 0 Å². The van der Waals surface area contributed by atoms with Crippen molar-refractivity contribution in [2.75, 3.05) is 6.54 Å². The van der Waals surface area contributed by atoms with Gasteiger partial charge in [-0.3, -0.25) is 19.3 Å². The number of carbonyl (C=O) groups excluding carboxylic acids is 3. The molecule has 0 unspecified atom stereocenters. The van der Waals surface area contributed by atoms with Gasteiger partial charge < -0.3 is 5.32 Å². The van der Waals surface area contributed by atoms with Crippen molar-refractivity contribution < 1.29 is 14.4 Å². The lowest BCUT2D eigenvalue weighted by atomic mass is 10.1. The van der Waals surface area contributed by atoms with Gasteiger partial charge in [-0.25, -0.2) is 0 Å². The molecule has 0 atom stereocenters. The molecule has 1 aliphatic carbocycles. The fourth-order valence-corrected chi connectivity index (χ4v) is 2.22. The molecular weight excluding hydrogens is 256 g/mol. The number of fused-ring (bicyclic) bond motifs is 1. The first-order valence-corrected chi connectivity index (χ1v) is 6.54. The van der Waals surface area contributed by atoms with Crippen molar-refractivity contribution in [3.05, 3.63) is 47.5 Å². The summed E-state index contributed by atoms with van der Waals surface area (Å²) in [5, 5.41) is 2.86. The van der Waals surface area contributed by atoms with Crippen LogP contribution in [-0.2, 0) is 0 Å². The summed E-state index contributed by atoms with van der Waals surface area (Å²) in [5.41, 5.74) is 1.05. The van der Waals surface area contributed by atoms with E-state index in [0.717, 1.165) is 17.7 Å². The summed E-state index contributed by atoms with van der Waals surface area (Å²) in [7, 11) is 0. The summed E-state index contributed by atoms with van der Waals surface area (Å²) in [4.78, 5) is 37.2. The van der Waals surface area contributed by atoms with Crippen LogP contribution < -0.4 is 5.32 Å². The Balaban J connectivity index is 1.90. The fourth-order valence-electron chi connectivity index (χ4n) is 2.22. The normalized spacial score (nSPS) is 17.1. The Bertz CT molecular complexity index is 632. The van der Waals surface area contributed by atoms with Crippen molar-refractivity contribution >= 4 is 17.7 Å². The second-order valence-electron chi connectivity index (χ2n) is 5.02. The number of rotatable bonds is 4. The van der Waals surface area contributed by atoms with Gasteiger partial charge in [0, 0.05) is 18.2 Å². The minimum atomic E-state index is -0.369. The molecule has 5 heteroatoms. The summed E-state index contributed by atoms with van der Waals surface area (Å²) in [5.74, 6) is -0.900. The molecule has 0 bridgehead atoms. The number of hydrogen-bond acceptors (Lipinski definition) is 3. The second kappa shape index (κ2) is 4.59. The molecule has 0 saturated heterocycles. The molecule has 0 radical (unpaired) electrons. The monoisotopic (exact) mass is 270 g/mol. The molecule has 1 N–H and O–H groups in total. The molecule has 1 aliphatic heterocycles. The molecule has 5 nitrogen and oxygen atoms in total. The second-order valence-corrected chi connectivity index (χ2v) is 5.02. The average molecular weight is 270 g/mol. The number of nitrogens with zero attached hydrogens (tertiary/aromatic N) is 1. The van der Waals surface area contributed by atoms with Crippen LogP contribution in [0.4, 0.5) is 0 Å². The molecule has 2 aliphatic rings. The van der Waals surface area contributed by atoms with E-state index in [1.165, 1.54) is 12.1 Å². The third-order valence-electron chi connectivity index (χ3n) is 3.46. The smallest absolute Gasteiger partial charge is 0.261 e. The fraction of sp³-hybridized carbons (Fsp3) is 0.267. The Labute approximate surface area is 116 Å². The summed E-state index contributed by atoms with van der Waals surface area (Å²) in [6.07, 6.45) is 3.50. The van der Waals surface area contributed by atoms with Gasteiger partial charge in [0.25, 0.3) is 17.7 Å². The molecule has 1 heterocycles. The molecule has 0 aromatic heterocycles. The van der Waals surface area contributed by atoms with Crippen molar-refractivity contribution in [2.24, 2.45) is 0 Å². The quantitative estimate of drug-likeness (QED) is 0.663. The lowest BCUT2D eigenvalue weighted by Crippen LogP contribution is -2.29. The summed E-state index contributed by atoms with van der Waals surface area (Å²) in [6, 6.07) is 4.88. The van der Waals surface area contributed by atoms with E-state index in [1.54, 1.807) is 12.1 Å². The van der Waals surface area contributed by atoms with Gasteiger partial charge in [-0.1, -0.05) is 6.08 Å². The van der Waals surface area contributed by atoms with Crippen molar-refractivity contribution in [3.63, 3.8) is 0 Å². The molecule has 1 aromatic rings. The molecule has 0 spiro atoms. The van der Waals surface area contributed by atoms with E-state index in [4.69, 9.17) is 0 Å². The maximum atomic E-state index is 12.1. The minimum Gasteiger partial charge on any atom is -0.349 e. The van der Waals surface area contributed by atoms with Crippen LogP contribution in [0.1, 0.15) is 43.9 Å². The Kier molecular flexibility index (Phi) is 2.89. The first kappa shape index (κ1) is 12.6. The molecule has 1 saturated carbocycles. The molecule has 1 aromatic carbocycles. The van der Waals surface area contributed by atoms with Crippen molar-refractivity contribution in [1.29, 1.82) is 0 Å². The van der Waals surface area contributed by atoms with Gasteiger partial charge in [0.15, 0.2) is 0 Å². The van der Waals surface area contributed by atoms with Crippen LogP contribution in [0.2, 0.25) is 0 Å². The van der Waals surface area contributed by atoms with Gasteiger partial charge in [0.05, 0.1) is 11.1 Å². The van der Waals surface area contributed by atoms with Crippen LogP contribution in [0.3, 0.4) is 0 Å². The third kappa shape index (κ3) is 2.01. The number of carbonyl (C=O) groups is 3. The van der Waals surface area contributed by atoms with Crippen LogP contribution in [0.25, 0.3) is 0 Å². The first-order valence-electron chi connectivity index (χ1n) is 6.54. The van der Waals surface area contributed by atoms with Crippen molar-refractivity contribution in [2.45, 2.75) is 18.9 Å². The lowest BCUT2D eigenvalue weighted by Gasteiger charge is -2.09. The Morgan fingerprint density at radius 1 is 1.30 bits per heavy atom. The van der Waals surface area contributed by atoms with E-state index < -0.39 is 0 Å². The molecular formula is C15H14N2O3. The number of nitrogens with one attached hydrogen (secondary N) is 1. The highest BCUT2D eigenvalue weighted by atomic mass is 16.2. The Hall–Kier alpha value is -2.43. The lowest BCUT2D eigenvalue weighted by molar-refractivity contribution is 0.0672. The van der Waals surface area contributed by atoms with Crippen LogP contribution in [-0.4, -0.2) is 35.2 Å².